The highest BCUT2D eigenvalue weighted by molar-refractivity contribution is 6.62. The first-order valence-electron chi connectivity index (χ1n) is 8.12. The maximum atomic E-state index is 13.6. The Morgan fingerprint density at radius 1 is 1.07 bits per heavy atom. The van der Waals surface area contributed by atoms with Crippen molar-refractivity contribution in [1.82, 2.24) is 9.61 Å². The molecule has 8 nitrogen and oxygen atoms in total. The quantitative estimate of drug-likeness (QED) is 0.759. The summed E-state index contributed by atoms with van der Waals surface area (Å²) in [5.41, 5.74) is -5.50. The van der Waals surface area contributed by atoms with Crippen molar-refractivity contribution in [1.29, 1.82) is 0 Å². The molecule has 0 bridgehead atoms. The molecule has 0 saturated carbocycles. The molecule has 2 aromatic rings. The zero-order valence-electron chi connectivity index (χ0n) is 15.3. The second-order valence-corrected chi connectivity index (χ2v) is 7.39. The fourth-order valence-electron chi connectivity index (χ4n) is 2.84. The molecular weight excluding hydrogens is 384 g/mol. The minimum atomic E-state index is -4.94. The van der Waals surface area contributed by atoms with E-state index in [0.29, 0.717) is 6.07 Å². The van der Waals surface area contributed by atoms with Crippen molar-refractivity contribution in [2.24, 2.45) is 0 Å². The standard InChI is InChI=1S/C16H16BF3N2O6/c1-14(2)15(3,4)28-17(27-14)7-5-8-10(12(23)24)11(13(25)26)21-22(8)9(6-7)16(18,19)20/h5-6H,1-4H3,(H,23,24)(H,25,26). The number of aromatic carboxylic acids is 2. The molecule has 0 radical (unpaired) electrons. The summed E-state index contributed by atoms with van der Waals surface area (Å²) < 4.78 is 52.5. The number of alkyl halides is 3. The smallest absolute Gasteiger partial charge is 0.478 e. The number of carboxylic acid groups (broad SMARTS) is 2. The molecule has 0 aromatic carbocycles. The number of hydrogen-bond acceptors (Lipinski definition) is 5. The first-order valence-corrected chi connectivity index (χ1v) is 8.12. The highest BCUT2D eigenvalue weighted by Gasteiger charge is 2.52. The lowest BCUT2D eigenvalue weighted by atomic mass is 9.78. The molecule has 2 aromatic heterocycles. The first kappa shape index (κ1) is 20.1. The Bertz CT molecular complexity index is 982. The average Bonchev–Trinajstić information content (AvgIpc) is 3.00. The zero-order chi connectivity index (χ0) is 21.2. The van der Waals surface area contributed by atoms with Crippen molar-refractivity contribution < 1.29 is 42.3 Å². The van der Waals surface area contributed by atoms with Crippen LogP contribution in [0.5, 0.6) is 0 Å². The largest absolute Gasteiger partial charge is 0.494 e. The zero-order valence-corrected chi connectivity index (χ0v) is 15.3. The summed E-state index contributed by atoms with van der Waals surface area (Å²) >= 11 is 0. The lowest BCUT2D eigenvalue weighted by Gasteiger charge is -2.32. The van der Waals surface area contributed by atoms with Gasteiger partial charge in [-0.05, 0) is 45.3 Å². The SMILES string of the molecule is CC1(C)OB(c2cc(C(F)(F)F)n3nc(C(=O)O)c(C(=O)O)c3c2)OC1(C)C. The van der Waals surface area contributed by atoms with E-state index in [2.05, 4.69) is 5.10 Å². The van der Waals surface area contributed by atoms with Gasteiger partial charge in [-0.2, -0.15) is 18.3 Å². The van der Waals surface area contributed by atoms with Crippen molar-refractivity contribution in [3.63, 3.8) is 0 Å². The number of rotatable bonds is 3. The topological polar surface area (TPSA) is 110 Å². The Morgan fingerprint density at radius 3 is 2.04 bits per heavy atom. The van der Waals surface area contributed by atoms with Gasteiger partial charge in [0.15, 0.2) is 5.69 Å². The number of nitrogens with zero attached hydrogens (tertiary/aromatic N) is 2. The number of fused-ring (bicyclic) bond motifs is 1. The summed E-state index contributed by atoms with van der Waals surface area (Å²) in [6.45, 7) is 6.83. The van der Waals surface area contributed by atoms with Crippen LogP contribution in [0.15, 0.2) is 12.1 Å². The van der Waals surface area contributed by atoms with Gasteiger partial charge in [0.2, 0.25) is 0 Å². The third-order valence-corrected chi connectivity index (χ3v) is 4.99. The molecule has 1 aliphatic heterocycles. The summed E-state index contributed by atoms with van der Waals surface area (Å²) in [5.74, 6) is -3.47. The molecule has 150 valence electrons. The number of aromatic nitrogens is 2. The number of hydrogen-bond donors (Lipinski definition) is 2. The van der Waals surface area contributed by atoms with E-state index in [0.717, 1.165) is 6.07 Å². The van der Waals surface area contributed by atoms with Gasteiger partial charge in [-0.15, -0.1) is 0 Å². The molecule has 1 saturated heterocycles. The molecule has 0 aliphatic carbocycles. The third kappa shape index (κ3) is 3.02. The molecule has 0 spiro atoms. The van der Waals surface area contributed by atoms with Crippen LogP contribution in [0.4, 0.5) is 13.2 Å². The van der Waals surface area contributed by atoms with Gasteiger partial charge >= 0.3 is 25.2 Å². The fraction of sp³-hybridized carbons (Fsp3) is 0.438. The normalized spacial score (nSPS) is 18.6. The van der Waals surface area contributed by atoms with Crippen LogP contribution in [-0.4, -0.2) is 50.1 Å². The minimum absolute atomic E-state index is 0.0992. The van der Waals surface area contributed by atoms with Crippen molar-refractivity contribution in [2.45, 2.75) is 45.1 Å². The summed E-state index contributed by atoms with van der Waals surface area (Å²) in [6.07, 6.45) is -4.94. The Morgan fingerprint density at radius 2 is 1.61 bits per heavy atom. The van der Waals surface area contributed by atoms with Crippen LogP contribution in [-0.2, 0) is 15.5 Å². The first-order chi connectivity index (χ1) is 12.7. The van der Waals surface area contributed by atoms with E-state index in [1.165, 1.54) is 0 Å². The Hall–Kier alpha value is -2.60. The van der Waals surface area contributed by atoms with Crippen molar-refractivity contribution >= 4 is 30.0 Å². The van der Waals surface area contributed by atoms with Gasteiger partial charge in [-0.25, -0.2) is 14.1 Å². The van der Waals surface area contributed by atoms with E-state index in [1.807, 2.05) is 0 Å². The predicted octanol–water partition coefficient (Wildman–Crippen LogP) is 2.05. The van der Waals surface area contributed by atoms with Gasteiger partial charge in [0.1, 0.15) is 11.3 Å². The van der Waals surface area contributed by atoms with E-state index in [1.54, 1.807) is 27.7 Å². The maximum absolute atomic E-state index is 13.6. The Labute approximate surface area is 157 Å². The van der Waals surface area contributed by atoms with Crippen LogP contribution in [0.1, 0.15) is 54.2 Å². The number of carboxylic acids is 2. The summed E-state index contributed by atoms with van der Waals surface area (Å²) in [4.78, 5) is 22.8. The van der Waals surface area contributed by atoms with Crippen molar-refractivity contribution in [3.8, 4) is 0 Å². The summed E-state index contributed by atoms with van der Waals surface area (Å²) in [5, 5.41) is 21.9. The van der Waals surface area contributed by atoms with Crippen LogP contribution >= 0.6 is 0 Å². The van der Waals surface area contributed by atoms with Gasteiger partial charge in [0.25, 0.3) is 0 Å². The maximum Gasteiger partial charge on any atom is 0.494 e. The van der Waals surface area contributed by atoms with Crippen LogP contribution in [0, 0.1) is 0 Å². The molecule has 1 fully saturated rings. The average molecular weight is 400 g/mol. The van der Waals surface area contributed by atoms with Crippen LogP contribution in [0.25, 0.3) is 5.52 Å². The second-order valence-electron chi connectivity index (χ2n) is 7.39. The molecule has 2 N–H and O–H groups in total. The molecule has 3 heterocycles. The highest BCUT2D eigenvalue weighted by Crippen LogP contribution is 2.37. The minimum Gasteiger partial charge on any atom is -0.478 e. The monoisotopic (exact) mass is 400 g/mol. The van der Waals surface area contributed by atoms with Crippen LogP contribution < -0.4 is 5.46 Å². The molecule has 1 aliphatic rings. The molecular formula is C16H16BF3N2O6. The third-order valence-electron chi connectivity index (χ3n) is 4.99. The molecule has 28 heavy (non-hydrogen) atoms. The highest BCUT2D eigenvalue weighted by atomic mass is 19.4. The lowest BCUT2D eigenvalue weighted by molar-refractivity contribution is -0.142. The van der Waals surface area contributed by atoms with Gasteiger partial charge in [0, 0.05) is 0 Å². The second kappa shape index (κ2) is 5.95. The van der Waals surface area contributed by atoms with Crippen LogP contribution in [0.2, 0.25) is 0 Å². The Kier molecular flexibility index (Phi) is 4.28. The molecule has 12 heteroatoms. The number of halogens is 3. The number of pyridine rings is 1. The predicted molar refractivity (Wildman–Crippen MR) is 89.8 cm³/mol. The van der Waals surface area contributed by atoms with E-state index < -0.39 is 58.9 Å². The van der Waals surface area contributed by atoms with E-state index >= 15 is 0 Å². The Balaban J connectivity index is 2.31. The molecule has 3 rings (SSSR count). The molecule has 0 amide bonds. The van der Waals surface area contributed by atoms with Gasteiger partial charge < -0.3 is 19.5 Å². The number of carbonyl (C=O) groups is 2. The van der Waals surface area contributed by atoms with E-state index in [4.69, 9.17) is 14.4 Å². The van der Waals surface area contributed by atoms with E-state index in [-0.39, 0.29) is 9.98 Å². The van der Waals surface area contributed by atoms with E-state index in [9.17, 15) is 27.9 Å². The lowest BCUT2D eigenvalue weighted by Crippen LogP contribution is -2.41. The van der Waals surface area contributed by atoms with Gasteiger partial charge in [-0.1, -0.05) is 0 Å². The van der Waals surface area contributed by atoms with Crippen molar-refractivity contribution in [2.75, 3.05) is 0 Å². The fourth-order valence-corrected chi connectivity index (χ4v) is 2.84. The molecule has 0 atom stereocenters. The molecule has 0 unspecified atom stereocenters. The summed E-state index contributed by atoms with van der Waals surface area (Å²) in [6, 6.07) is 1.79. The van der Waals surface area contributed by atoms with Crippen LogP contribution in [0.3, 0.4) is 0 Å². The van der Waals surface area contributed by atoms with Crippen molar-refractivity contribution in [3.05, 3.63) is 29.1 Å². The summed E-state index contributed by atoms with van der Waals surface area (Å²) in [7, 11) is -1.21. The van der Waals surface area contributed by atoms with Gasteiger partial charge in [-0.3, -0.25) is 0 Å². The van der Waals surface area contributed by atoms with Gasteiger partial charge in [0.05, 0.1) is 16.7 Å².